The van der Waals surface area contributed by atoms with Gasteiger partial charge in [0.05, 0.1) is 11.6 Å². The highest BCUT2D eigenvalue weighted by Crippen LogP contribution is 2.23. The third-order valence-electron chi connectivity index (χ3n) is 3.50. The van der Waals surface area contributed by atoms with E-state index in [9.17, 15) is 4.79 Å². The Morgan fingerprint density at radius 3 is 1.96 bits per heavy atom. The quantitative estimate of drug-likeness (QED) is 0.559. The molecule has 0 aliphatic heterocycles. The summed E-state index contributed by atoms with van der Waals surface area (Å²) in [6, 6.07) is 19.1. The van der Waals surface area contributed by atoms with Crippen molar-refractivity contribution in [2.75, 3.05) is 0 Å². The van der Waals surface area contributed by atoms with Crippen molar-refractivity contribution >= 4 is 29.1 Å². The van der Waals surface area contributed by atoms with E-state index >= 15 is 0 Å². The molecule has 0 bridgehead atoms. The van der Waals surface area contributed by atoms with Gasteiger partial charge in [0.1, 0.15) is 5.15 Å². The molecule has 4 nitrogen and oxygen atoms in total. The standard InChI is InChI=1S/C18H13Cl2N3O/c19-16-14(11-21-18(20)23-16)17(24)22-15(12-7-3-1-4-8-12)13-9-5-2-6-10-13/h1-11,15H,(H,22,24). The molecule has 1 heterocycles. The lowest BCUT2D eigenvalue weighted by Crippen LogP contribution is -2.29. The molecule has 120 valence electrons. The van der Waals surface area contributed by atoms with Crippen molar-refractivity contribution in [3.8, 4) is 0 Å². The molecule has 0 atom stereocenters. The van der Waals surface area contributed by atoms with Crippen molar-refractivity contribution in [3.05, 3.63) is 94.0 Å². The lowest BCUT2D eigenvalue weighted by atomic mass is 9.98. The van der Waals surface area contributed by atoms with Gasteiger partial charge < -0.3 is 5.32 Å². The van der Waals surface area contributed by atoms with Crippen LogP contribution >= 0.6 is 23.2 Å². The van der Waals surface area contributed by atoms with Crippen LogP contribution in [-0.4, -0.2) is 15.9 Å². The van der Waals surface area contributed by atoms with Crippen LogP contribution in [0.4, 0.5) is 0 Å². The van der Waals surface area contributed by atoms with Gasteiger partial charge in [-0.25, -0.2) is 9.97 Å². The molecular formula is C18H13Cl2N3O. The van der Waals surface area contributed by atoms with E-state index in [1.54, 1.807) is 0 Å². The Labute approximate surface area is 149 Å². The SMILES string of the molecule is O=C(NC(c1ccccc1)c1ccccc1)c1cnc(Cl)nc1Cl. The lowest BCUT2D eigenvalue weighted by Gasteiger charge is -2.20. The van der Waals surface area contributed by atoms with Crippen molar-refractivity contribution in [2.24, 2.45) is 0 Å². The molecule has 3 aromatic rings. The summed E-state index contributed by atoms with van der Waals surface area (Å²) in [5, 5.41) is 3.00. The first-order valence-electron chi connectivity index (χ1n) is 7.24. The van der Waals surface area contributed by atoms with Crippen molar-refractivity contribution in [2.45, 2.75) is 6.04 Å². The molecule has 1 aromatic heterocycles. The highest BCUT2D eigenvalue weighted by Gasteiger charge is 2.20. The molecular weight excluding hydrogens is 345 g/mol. The summed E-state index contributed by atoms with van der Waals surface area (Å²) in [6.07, 6.45) is 1.32. The maximum absolute atomic E-state index is 12.6. The van der Waals surface area contributed by atoms with E-state index in [1.165, 1.54) is 6.20 Å². The first-order chi connectivity index (χ1) is 11.6. The van der Waals surface area contributed by atoms with Gasteiger partial charge in [-0.1, -0.05) is 72.3 Å². The lowest BCUT2D eigenvalue weighted by molar-refractivity contribution is 0.0942. The second-order valence-corrected chi connectivity index (χ2v) is 5.77. The van der Waals surface area contributed by atoms with Crippen LogP contribution in [0.3, 0.4) is 0 Å². The Balaban J connectivity index is 1.94. The van der Waals surface area contributed by atoms with Gasteiger partial charge >= 0.3 is 0 Å². The maximum atomic E-state index is 12.6. The second-order valence-electron chi connectivity index (χ2n) is 5.07. The van der Waals surface area contributed by atoms with Crippen molar-refractivity contribution in [1.82, 2.24) is 15.3 Å². The molecule has 0 spiro atoms. The molecule has 1 amide bonds. The summed E-state index contributed by atoms with van der Waals surface area (Å²) in [7, 11) is 0. The zero-order valence-electron chi connectivity index (χ0n) is 12.5. The van der Waals surface area contributed by atoms with E-state index in [1.807, 2.05) is 60.7 Å². The van der Waals surface area contributed by atoms with Crippen LogP contribution in [0.5, 0.6) is 0 Å². The van der Waals surface area contributed by atoms with Gasteiger partial charge in [0, 0.05) is 6.20 Å². The number of carbonyl (C=O) groups excluding carboxylic acids is 1. The Morgan fingerprint density at radius 2 is 1.46 bits per heavy atom. The number of benzene rings is 2. The normalized spacial score (nSPS) is 10.6. The van der Waals surface area contributed by atoms with Crippen LogP contribution in [0.2, 0.25) is 10.4 Å². The monoisotopic (exact) mass is 357 g/mol. The van der Waals surface area contributed by atoms with Crippen LogP contribution in [0.15, 0.2) is 66.9 Å². The van der Waals surface area contributed by atoms with E-state index < -0.39 is 0 Å². The van der Waals surface area contributed by atoms with E-state index in [2.05, 4.69) is 15.3 Å². The van der Waals surface area contributed by atoms with Crippen LogP contribution in [0, 0.1) is 0 Å². The van der Waals surface area contributed by atoms with Crippen LogP contribution in [-0.2, 0) is 0 Å². The zero-order chi connectivity index (χ0) is 16.9. The smallest absolute Gasteiger partial charge is 0.256 e. The van der Waals surface area contributed by atoms with Crippen molar-refractivity contribution in [3.63, 3.8) is 0 Å². The molecule has 0 aliphatic rings. The number of amides is 1. The number of halogens is 2. The van der Waals surface area contributed by atoms with E-state index in [0.717, 1.165) is 11.1 Å². The predicted octanol–water partition coefficient (Wildman–Crippen LogP) is 4.30. The van der Waals surface area contributed by atoms with Gasteiger partial charge in [0.15, 0.2) is 0 Å². The van der Waals surface area contributed by atoms with E-state index in [0.29, 0.717) is 0 Å². The summed E-state index contributed by atoms with van der Waals surface area (Å²) in [5.41, 5.74) is 2.10. The molecule has 6 heteroatoms. The molecule has 24 heavy (non-hydrogen) atoms. The fraction of sp³-hybridized carbons (Fsp3) is 0.0556. The molecule has 0 fully saturated rings. The molecule has 3 rings (SSSR count). The van der Waals surface area contributed by atoms with Gasteiger partial charge in [-0.15, -0.1) is 0 Å². The second kappa shape index (κ2) is 7.43. The van der Waals surface area contributed by atoms with Gasteiger partial charge in [0.2, 0.25) is 5.28 Å². The highest BCUT2D eigenvalue weighted by atomic mass is 35.5. The third kappa shape index (κ3) is 3.72. The number of carbonyl (C=O) groups is 1. The molecule has 2 aromatic carbocycles. The third-order valence-corrected chi connectivity index (χ3v) is 3.97. The van der Waals surface area contributed by atoms with Gasteiger partial charge in [-0.05, 0) is 22.7 Å². The van der Waals surface area contributed by atoms with Gasteiger partial charge in [-0.3, -0.25) is 4.79 Å². The van der Waals surface area contributed by atoms with E-state index in [4.69, 9.17) is 23.2 Å². The Kier molecular flexibility index (Phi) is 5.08. The average molecular weight is 358 g/mol. The Morgan fingerprint density at radius 1 is 0.917 bits per heavy atom. The highest BCUT2D eigenvalue weighted by molar-refractivity contribution is 6.34. The fourth-order valence-corrected chi connectivity index (χ4v) is 2.74. The molecule has 0 unspecified atom stereocenters. The van der Waals surface area contributed by atoms with Crippen LogP contribution in [0.25, 0.3) is 0 Å². The molecule has 1 N–H and O–H groups in total. The zero-order valence-corrected chi connectivity index (χ0v) is 14.0. The van der Waals surface area contributed by atoms with Gasteiger partial charge in [0.25, 0.3) is 5.91 Å². The first kappa shape index (κ1) is 16.4. The number of nitrogens with zero attached hydrogens (tertiary/aromatic N) is 2. The van der Waals surface area contributed by atoms with Gasteiger partial charge in [-0.2, -0.15) is 0 Å². The van der Waals surface area contributed by atoms with Crippen LogP contribution < -0.4 is 5.32 Å². The van der Waals surface area contributed by atoms with Crippen LogP contribution in [0.1, 0.15) is 27.5 Å². The summed E-state index contributed by atoms with van der Waals surface area (Å²) in [4.78, 5) is 20.2. The Hall–Kier alpha value is -2.43. The van der Waals surface area contributed by atoms with Crippen molar-refractivity contribution < 1.29 is 4.79 Å². The Bertz CT molecular complexity index is 802. The topological polar surface area (TPSA) is 54.9 Å². The maximum Gasteiger partial charge on any atom is 0.256 e. The summed E-state index contributed by atoms with van der Waals surface area (Å²) in [6.45, 7) is 0. The number of hydrogen-bond donors (Lipinski definition) is 1. The number of nitrogens with one attached hydrogen (secondary N) is 1. The molecule has 0 saturated heterocycles. The first-order valence-corrected chi connectivity index (χ1v) is 7.99. The molecule has 0 saturated carbocycles. The predicted molar refractivity (Wildman–Crippen MR) is 94.2 cm³/mol. The molecule has 0 radical (unpaired) electrons. The minimum Gasteiger partial charge on any atom is -0.341 e. The van der Waals surface area contributed by atoms with Crippen molar-refractivity contribution in [1.29, 1.82) is 0 Å². The molecule has 0 aliphatic carbocycles. The average Bonchev–Trinajstić information content (AvgIpc) is 2.61. The number of rotatable bonds is 4. The minimum atomic E-state index is -0.366. The largest absolute Gasteiger partial charge is 0.341 e. The summed E-state index contributed by atoms with van der Waals surface area (Å²) >= 11 is 11.7. The van der Waals surface area contributed by atoms with E-state index in [-0.39, 0.29) is 27.9 Å². The number of aromatic nitrogens is 2. The summed E-state index contributed by atoms with van der Waals surface area (Å²) in [5.74, 6) is -0.366. The number of hydrogen-bond acceptors (Lipinski definition) is 3. The fourth-order valence-electron chi connectivity index (χ4n) is 2.35. The minimum absolute atomic E-state index is 0.000723. The summed E-state index contributed by atoms with van der Waals surface area (Å²) < 4.78 is 0.